The van der Waals surface area contributed by atoms with Gasteiger partial charge in [0.2, 0.25) is 0 Å². The Kier molecular flexibility index (Phi) is 7.60. The zero-order chi connectivity index (χ0) is 15.9. The van der Waals surface area contributed by atoms with Crippen molar-refractivity contribution in [3.63, 3.8) is 0 Å². The summed E-state index contributed by atoms with van der Waals surface area (Å²) in [6.07, 6.45) is 11.4. The van der Waals surface area contributed by atoms with Gasteiger partial charge in [0.05, 0.1) is 6.04 Å². The summed E-state index contributed by atoms with van der Waals surface area (Å²) in [6, 6.07) is 0.579. The fraction of sp³-hybridized carbons (Fsp3) is 0.812. The standard InChI is InChI=1S/C16H32N2O2S/c1-6-8-9-15-14(7-2)17-10-11-18(15)16(19)20-12-13-21(3,4)5/h6,14-15,17H,1,7-13H2,2-5H3/t14-,15+/m0/s1. The molecule has 21 heavy (non-hydrogen) atoms. The van der Waals surface area contributed by atoms with Crippen LogP contribution in [0, 0.1) is 0 Å². The molecule has 5 heteroatoms. The molecule has 1 saturated heterocycles. The van der Waals surface area contributed by atoms with Gasteiger partial charge in [-0.1, -0.05) is 13.0 Å². The fourth-order valence-electron chi connectivity index (χ4n) is 2.64. The van der Waals surface area contributed by atoms with E-state index in [-0.39, 0.29) is 12.1 Å². The smallest absolute Gasteiger partial charge is 0.410 e. The molecule has 124 valence electrons. The molecule has 1 heterocycles. The van der Waals surface area contributed by atoms with Crippen LogP contribution in [0.5, 0.6) is 0 Å². The van der Waals surface area contributed by atoms with Crippen molar-refractivity contribution in [1.82, 2.24) is 10.2 Å². The molecule has 1 fully saturated rings. The molecule has 0 aromatic carbocycles. The third-order valence-corrected chi connectivity index (χ3v) is 5.28. The van der Waals surface area contributed by atoms with Crippen LogP contribution in [-0.4, -0.2) is 67.3 Å². The Labute approximate surface area is 131 Å². The van der Waals surface area contributed by atoms with E-state index in [2.05, 4.69) is 37.6 Å². The lowest BCUT2D eigenvalue weighted by Gasteiger charge is -2.41. The molecule has 0 saturated carbocycles. The van der Waals surface area contributed by atoms with Crippen molar-refractivity contribution >= 4 is 16.1 Å². The maximum Gasteiger partial charge on any atom is 0.410 e. The molecular weight excluding hydrogens is 284 g/mol. The number of hydrogen-bond acceptors (Lipinski definition) is 3. The van der Waals surface area contributed by atoms with Crippen molar-refractivity contribution in [3.8, 4) is 0 Å². The molecule has 0 aromatic heterocycles. The van der Waals surface area contributed by atoms with Crippen LogP contribution in [0.25, 0.3) is 0 Å². The van der Waals surface area contributed by atoms with E-state index in [9.17, 15) is 4.79 Å². The molecule has 4 nitrogen and oxygen atoms in total. The minimum atomic E-state index is -0.615. The van der Waals surface area contributed by atoms with Crippen LogP contribution in [0.3, 0.4) is 0 Å². The minimum absolute atomic E-state index is 0.146. The number of piperazine rings is 1. The van der Waals surface area contributed by atoms with Crippen molar-refractivity contribution in [2.24, 2.45) is 0 Å². The van der Waals surface area contributed by atoms with Gasteiger partial charge < -0.3 is 15.0 Å². The van der Waals surface area contributed by atoms with E-state index in [1.54, 1.807) is 0 Å². The predicted molar refractivity (Wildman–Crippen MR) is 93.6 cm³/mol. The highest BCUT2D eigenvalue weighted by atomic mass is 32.3. The van der Waals surface area contributed by atoms with Crippen molar-refractivity contribution in [2.45, 2.75) is 38.3 Å². The van der Waals surface area contributed by atoms with Gasteiger partial charge in [-0.25, -0.2) is 14.8 Å². The maximum atomic E-state index is 12.4. The highest BCUT2D eigenvalue weighted by Crippen LogP contribution is 2.33. The van der Waals surface area contributed by atoms with Crippen LogP contribution < -0.4 is 5.32 Å². The van der Waals surface area contributed by atoms with E-state index in [0.717, 1.165) is 38.1 Å². The van der Waals surface area contributed by atoms with Gasteiger partial charge in [0.25, 0.3) is 0 Å². The first-order valence-electron chi connectivity index (χ1n) is 7.82. The summed E-state index contributed by atoms with van der Waals surface area (Å²) in [4.78, 5) is 14.3. The maximum absolute atomic E-state index is 12.4. The van der Waals surface area contributed by atoms with Gasteiger partial charge in [-0.05, 0) is 38.0 Å². The third-order valence-electron chi connectivity index (χ3n) is 3.89. The van der Waals surface area contributed by atoms with E-state index in [1.165, 1.54) is 0 Å². The number of hydrogen-bond donors (Lipinski definition) is 1. The lowest BCUT2D eigenvalue weighted by molar-refractivity contribution is 0.0644. The average molecular weight is 317 g/mol. The Morgan fingerprint density at radius 2 is 2.19 bits per heavy atom. The molecule has 0 radical (unpaired) electrons. The first kappa shape index (κ1) is 18.4. The number of nitrogens with zero attached hydrogens (tertiary/aromatic N) is 1. The van der Waals surface area contributed by atoms with Gasteiger partial charge in [0.1, 0.15) is 6.61 Å². The topological polar surface area (TPSA) is 41.6 Å². The Morgan fingerprint density at radius 3 is 2.76 bits per heavy atom. The van der Waals surface area contributed by atoms with Crippen molar-refractivity contribution in [1.29, 1.82) is 0 Å². The number of carbonyl (C=O) groups is 1. The number of nitrogens with one attached hydrogen (secondary N) is 1. The quantitative estimate of drug-likeness (QED) is 0.734. The molecule has 1 rings (SSSR count). The fourth-order valence-corrected chi connectivity index (χ4v) is 3.22. The van der Waals surface area contributed by atoms with E-state index in [4.69, 9.17) is 4.74 Å². The molecule has 0 aromatic rings. The highest BCUT2D eigenvalue weighted by molar-refractivity contribution is 8.32. The number of ether oxygens (including phenoxy) is 1. The average Bonchev–Trinajstić information content (AvgIpc) is 2.43. The van der Waals surface area contributed by atoms with E-state index < -0.39 is 10.0 Å². The second-order valence-electron chi connectivity index (χ2n) is 6.50. The van der Waals surface area contributed by atoms with Crippen molar-refractivity contribution < 1.29 is 9.53 Å². The Hall–Kier alpha value is -0.680. The molecule has 0 aliphatic carbocycles. The molecule has 1 aliphatic rings. The molecule has 1 amide bonds. The van der Waals surface area contributed by atoms with Crippen molar-refractivity contribution in [3.05, 3.63) is 12.7 Å². The number of carbonyl (C=O) groups excluding carboxylic acids is 1. The Bertz CT molecular complexity index is 342. The number of amides is 1. The first-order chi connectivity index (χ1) is 9.89. The van der Waals surface area contributed by atoms with Crippen LogP contribution in [0.4, 0.5) is 4.79 Å². The molecule has 0 bridgehead atoms. The molecule has 0 unspecified atom stereocenters. The van der Waals surface area contributed by atoms with Crippen LogP contribution >= 0.6 is 10.0 Å². The summed E-state index contributed by atoms with van der Waals surface area (Å²) < 4.78 is 5.51. The predicted octanol–water partition coefficient (Wildman–Crippen LogP) is 2.84. The van der Waals surface area contributed by atoms with Gasteiger partial charge in [0, 0.05) is 24.9 Å². The highest BCUT2D eigenvalue weighted by Gasteiger charge is 2.33. The van der Waals surface area contributed by atoms with Gasteiger partial charge in [-0.2, -0.15) is 0 Å². The zero-order valence-electron chi connectivity index (χ0n) is 14.1. The van der Waals surface area contributed by atoms with E-state index >= 15 is 0 Å². The minimum Gasteiger partial charge on any atom is -0.449 e. The summed E-state index contributed by atoms with van der Waals surface area (Å²) in [6.45, 7) is 8.07. The third kappa shape index (κ3) is 6.30. The normalized spacial score (nSPS) is 23.7. The van der Waals surface area contributed by atoms with Gasteiger partial charge in [-0.15, -0.1) is 6.58 Å². The van der Waals surface area contributed by atoms with Crippen LogP contribution in [0.1, 0.15) is 26.2 Å². The molecule has 0 spiro atoms. The molecule has 1 N–H and O–H groups in total. The monoisotopic (exact) mass is 316 g/mol. The summed E-state index contributed by atoms with van der Waals surface area (Å²) in [5.41, 5.74) is 0. The van der Waals surface area contributed by atoms with E-state index in [1.807, 2.05) is 11.0 Å². The zero-order valence-corrected chi connectivity index (χ0v) is 14.9. The molecule has 2 atom stereocenters. The molecular formula is C16H32N2O2S. The second-order valence-corrected chi connectivity index (χ2v) is 11.1. The summed E-state index contributed by atoms with van der Waals surface area (Å²) >= 11 is 0. The van der Waals surface area contributed by atoms with Gasteiger partial charge in [-0.3, -0.25) is 0 Å². The largest absolute Gasteiger partial charge is 0.449 e. The first-order valence-corrected chi connectivity index (χ1v) is 10.9. The van der Waals surface area contributed by atoms with Gasteiger partial charge >= 0.3 is 6.09 Å². The number of allylic oxidation sites excluding steroid dienone is 1. The summed E-state index contributed by atoms with van der Waals surface area (Å²) in [5.74, 6) is 0.972. The SMILES string of the molecule is C=CCC[C@@H]1[C@H](CC)NCCN1C(=O)OCCS(C)(C)C. The lowest BCUT2D eigenvalue weighted by atomic mass is 9.97. The Morgan fingerprint density at radius 1 is 1.48 bits per heavy atom. The van der Waals surface area contributed by atoms with E-state index in [0.29, 0.717) is 12.6 Å². The Balaban J connectivity index is 2.58. The van der Waals surface area contributed by atoms with Gasteiger partial charge in [0.15, 0.2) is 0 Å². The van der Waals surface area contributed by atoms with Crippen LogP contribution in [0.15, 0.2) is 12.7 Å². The number of rotatable bonds is 7. The molecule has 1 aliphatic heterocycles. The summed E-state index contributed by atoms with van der Waals surface area (Å²) in [5, 5.41) is 3.51. The second kappa shape index (κ2) is 8.69. The lowest BCUT2D eigenvalue weighted by Crippen LogP contribution is -2.59. The van der Waals surface area contributed by atoms with Crippen LogP contribution in [0.2, 0.25) is 0 Å². The van der Waals surface area contributed by atoms with Crippen molar-refractivity contribution in [2.75, 3.05) is 44.2 Å². The summed E-state index contributed by atoms with van der Waals surface area (Å²) in [7, 11) is -0.615. The van der Waals surface area contributed by atoms with Crippen LogP contribution in [-0.2, 0) is 4.74 Å².